The molecule has 0 fully saturated rings. The number of hydrogen-bond acceptors (Lipinski definition) is 3. The molecule has 0 radical (unpaired) electrons. The number of nitrogens with one attached hydrogen (secondary N) is 1. The van der Waals surface area contributed by atoms with Crippen molar-refractivity contribution in [3.05, 3.63) is 47.8 Å². The molecule has 2 rings (SSSR count). The molecule has 0 bridgehead atoms. The molecule has 0 saturated heterocycles. The Labute approximate surface area is 126 Å². The van der Waals surface area contributed by atoms with Gasteiger partial charge in [0, 0.05) is 24.8 Å². The molecule has 21 heavy (non-hydrogen) atoms. The molecule has 1 unspecified atom stereocenters. The maximum Gasteiger partial charge on any atom is 0.0712 e. The highest BCUT2D eigenvalue weighted by molar-refractivity contribution is 5.32. The molecule has 114 valence electrons. The minimum absolute atomic E-state index is 0.101. The maximum absolute atomic E-state index is 10.0. The summed E-state index contributed by atoms with van der Waals surface area (Å²) in [7, 11) is 0. The topological polar surface area (TPSA) is 50.1 Å². The quantitative estimate of drug-likeness (QED) is 0.889. The van der Waals surface area contributed by atoms with Gasteiger partial charge in [-0.2, -0.15) is 5.10 Å². The highest BCUT2D eigenvalue weighted by Crippen LogP contribution is 2.18. The van der Waals surface area contributed by atoms with E-state index in [0.29, 0.717) is 13.1 Å². The summed E-state index contributed by atoms with van der Waals surface area (Å²) in [5, 5.41) is 17.9. The second-order valence-corrected chi connectivity index (χ2v) is 6.53. The van der Waals surface area contributed by atoms with Crippen LogP contribution in [0.5, 0.6) is 0 Å². The lowest BCUT2D eigenvalue weighted by atomic mass is 9.89. The van der Waals surface area contributed by atoms with Crippen molar-refractivity contribution >= 4 is 0 Å². The smallest absolute Gasteiger partial charge is 0.0712 e. The zero-order valence-corrected chi connectivity index (χ0v) is 13.3. The molecule has 2 N–H and O–H groups in total. The number of aromatic nitrogens is 2. The van der Waals surface area contributed by atoms with Crippen molar-refractivity contribution in [3.63, 3.8) is 0 Å². The van der Waals surface area contributed by atoms with Crippen molar-refractivity contribution in [3.8, 4) is 5.69 Å². The molecule has 1 atom stereocenters. The fourth-order valence-electron chi connectivity index (χ4n) is 2.03. The Balaban J connectivity index is 1.98. The van der Waals surface area contributed by atoms with Crippen molar-refractivity contribution in [2.45, 2.75) is 40.3 Å². The van der Waals surface area contributed by atoms with Crippen LogP contribution < -0.4 is 5.32 Å². The molecular weight excluding hydrogens is 262 g/mol. The summed E-state index contributed by atoms with van der Waals surface area (Å²) in [5.74, 6) is 0. The summed E-state index contributed by atoms with van der Waals surface area (Å²) in [5.41, 5.74) is 3.12. The van der Waals surface area contributed by atoms with Crippen LogP contribution >= 0.6 is 0 Å². The number of aliphatic hydroxyl groups is 1. The summed E-state index contributed by atoms with van der Waals surface area (Å²) in [4.78, 5) is 0. The number of rotatable bonds is 5. The SMILES string of the molecule is Cc1nn(-c2ccccc2)cc1CNCC(O)C(C)(C)C. The number of para-hydroxylation sites is 1. The molecule has 0 aliphatic heterocycles. The second kappa shape index (κ2) is 6.41. The van der Waals surface area contributed by atoms with Crippen LogP contribution in [0, 0.1) is 12.3 Å². The van der Waals surface area contributed by atoms with Gasteiger partial charge < -0.3 is 10.4 Å². The number of aryl methyl sites for hydroxylation is 1. The van der Waals surface area contributed by atoms with Gasteiger partial charge in [0.05, 0.1) is 17.5 Å². The van der Waals surface area contributed by atoms with Crippen LogP contribution in [0.2, 0.25) is 0 Å². The molecule has 4 heteroatoms. The van der Waals surface area contributed by atoms with Gasteiger partial charge in [-0.15, -0.1) is 0 Å². The predicted molar refractivity (Wildman–Crippen MR) is 85.5 cm³/mol. The van der Waals surface area contributed by atoms with E-state index in [1.807, 2.05) is 68.9 Å². The highest BCUT2D eigenvalue weighted by Gasteiger charge is 2.21. The average Bonchev–Trinajstić information content (AvgIpc) is 2.80. The molecule has 0 saturated carbocycles. The molecule has 0 amide bonds. The first-order valence-electron chi connectivity index (χ1n) is 7.37. The van der Waals surface area contributed by atoms with Crippen molar-refractivity contribution in [2.24, 2.45) is 5.41 Å². The van der Waals surface area contributed by atoms with Crippen LogP contribution in [0.15, 0.2) is 36.5 Å². The van der Waals surface area contributed by atoms with E-state index < -0.39 is 0 Å². The first-order valence-corrected chi connectivity index (χ1v) is 7.37. The van der Waals surface area contributed by atoms with Gasteiger partial charge >= 0.3 is 0 Å². The molecule has 1 heterocycles. The fourth-order valence-corrected chi connectivity index (χ4v) is 2.03. The number of benzene rings is 1. The monoisotopic (exact) mass is 287 g/mol. The number of hydrogen-bond donors (Lipinski definition) is 2. The largest absolute Gasteiger partial charge is 0.391 e. The summed E-state index contributed by atoms with van der Waals surface area (Å²) >= 11 is 0. The first kappa shape index (κ1) is 15.7. The zero-order valence-electron chi connectivity index (χ0n) is 13.3. The maximum atomic E-state index is 10.0. The third kappa shape index (κ3) is 4.16. The normalized spacial score (nSPS) is 13.4. The Bertz CT molecular complexity index is 569. The molecular formula is C17H25N3O. The van der Waals surface area contributed by atoms with Crippen LogP contribution in [0.25, 0.3) is 5.69 Å². The minimum atomic E-state index is -0.359. The van der Waals surface area contributed by atoms with E-state index in [9.17, 15) is 5.11 Å². The average molecular weight is 287 g/mol. The Morgan fingerprint density at radius 3 is 2.52 bits per heavy atom. The van der Waals surface area contributed by atoms with Crippen LogP contribution in [0.3, 0.4) is 0 Å². The van der Waals surface area contributed by atoms with E-state index in [1.54, 1.807) is 0 Å². The van der Waals surface area contributed by atoms with Gasteiger partial charge in [0.15, 0.2) is 0 Å². The lowest BCUT2D eigenvalue weighted by Crippen LogP contribution is -2.36. The van der Waals surface area contributed by atoms with E-state index >= 15 is 0 Å². The van der Waals surface area contributed by atoms with Crippen molar-refractivity contribution < 1.29 is 5.11 Å². The van der Waals surface area contributed by atoms with Gasteiger partial charge in [-0.1, -0.05) is 39.0 Å². The third-order valence-electron chi connectivity index (χ3n) is 3.67. The molecule has 0 aliphatic carbocycles. The predicted octanol–water partition coefficient (Wildman–Crippen LogP) is 2.68. The Morgan fingerprint density at radius 1 is 1.24 bits per heavy atom. The molecule has 0 aliphatic rings. The van der Waals surface area contributed by atoms with Gasteiger partial charge in [-0.3, -0.25) is 0 Å². The second-order valence-electron chi connectivity index (χ2n) is 6.53. The Hall–Kier alpha value is -1.65. The standard InChI is InChI=1S/C17H25N3O/c1-13-14(10-18-11-16(21)17(2,3)4)12-20(19-13)15-8-6-5-7-9-15/h5-9,12,16,18,21H,10-11H2,1-4H3. The molecule has 1 aromatic heterocycles. The van der Waals surface area contributed by atoms with Gasteiger partial charge in [0.25, 0.3) is 0 Å². The van der Waals surface area contributed by atoms with Crippen LogP contribution in [0.1, 0.15) is 32.0 Å². The minimum Gasteiger partial charge on any atom is -0.391 e. The van der Waals surface area contributed by atoms with Crippen molar-refractivity contribution in [1.82, 2.24) is 15.1 Å². The van der Waals surface area contributed by atoms with Crippen molar-refractivity contribution in [2.75, 3.05) is 6.54 Å². The molecule has 0 spiro atoms. The van der Waals surface area contributed by atoms with E-state index in [1.165, 1.54) is 0 Å². The Morgan fingerprint density at radius 2 is 1.90 bits per heavy atom. The fraction of sp³-hybridized carbons (Fsp3) is 0.471. The van der Waals surface area contributed by atoms with Crippen LogP contribution in [-0.4, -0.2) is 27.5 Å². The van der Waals surface area contributed by atoms with Crippen LogP contribution in [0.4, 0.5) is 0 Å². The summed E-state index contributed by atoms with van der Waals surface area (Å²) in [6.07, 6.45) is 1.68. The molecule has 2 aromatic rings. The van der Waals surface area contributed by atoms with Gasteiger partial charge in [-0.25, -0.2) is 4.68 Å². The number of nitrogens with zero attached hydrogens (tertiary/aromatic N) is 2. The summed E-state index contributed by atoms with van der Waals surface area (Å²) in [6, 6.07) is 10.1. The molecule has 4 nitrogen and oxygen atoms in total. The Kier molecular flexibility index (Phi) is 4.80. The van der Waals surface area contributed by atoms with Gasteiger partial charge in [0.1, 0.15) is 0 Å². The van der Waals surface area contributed by atoms with Gasteiger partial charge in [0.2, 0.25) is 0 Å². The van der Waals surface area contributed by atoms with E-state index in [0.717, 1.165) is 16.9 Å². The van der Waals surface area contributed by atoms with Crippen molar-refractivity contribution in [1.29, 1.82) is 0 Å². The number of aliphatic hydroxyl groups excluding tert-OH is 1. The summed E-state index contributed by atoms with van der Waals surface area (Å²) < 4.78 is 1.90. The first-order chi connectivity index (χ1) is 9.88. The van der Waals surface area contributed by atoms with Gasteiger partial charge in [-0.05, 0) is 24.5 Å². The third-order valence-corrected chi connectivity index (χ3v) is 3.67. The lowest BCUT2D eigenvalue weighted by Gasteiger charge is -2.25. The molecule has 1 aromatic carbocycles. The van der Waals surface area contributed by atoms with E-state index in [-0.39, 0.29) is 11.5 Å². The summed E-state index contributed by atoms with van der Waals surface area (Å²) in [6.45, 7) is 9.43. The lowest BCUT2D eigenvalue weighted by molar-refractivity contribution is 0.0627. The highest BCUT2D eigenvalue weighted by atomic mass is 16.3. The van der Waals surface area contributed by atoms with Crippen LogP contribution in [-0.2, 0) is 6.54 Å². The van der Waals surface area contributed by atoms with E-state index in [2.05, 4.69) is 10.4 Å². The zero-order chi connectivity index (χ0) is 15.5. The van der Waals surface area contributed by atoms with E-state index in [4.69, 9.17) is 0 Å².